The highest BCUT2D eigenvalue weighted by Gasteiger charge is 2.25. The molecule has 2 rings (SSSR count). The number of ether oxygens (including phenoxy) is 1. The first-order chi connectivity index (χ1) is 7.58. The fourth-order valence-electron chi connectivity index (χ4n) is 1.56. The number of sulfonamides is 1. The molecule has 5 nitrogen and oxygen atoms in total. The summed E-state index contributed by atoms with van der Waals surface area (Å²) in [6.45, 7) is 2.59. The number of rotatable bonds is 2. The largest absolute Gasteiger partial charge is 0.497 e. The van der Waals surface area contributed by atoms with Gasteiger partial charge >= 0.3 is 0 Å². The predicted octanol–water partition coefficient (Wildman–Crippen LogP) is 1.25. The van der Waals surface area contributed by atoms with Crippen LogP contribution in [-0.2, 0) is 10.0 Å². The van der Waals surface area contributed by atoms with E-state index in [1.165, 1.54) is 19.5 Å². The Labute approximate surface area is 94.4 Å². The topological polar surface area (TPSA) is 59.0 Å². The third-order valence-corrected chi connectivity index (χ3v) is 3.67. The van der Waals surface area contributed by atoms with Gasteiger partial charge in [-0.1, -0.05) is 0 Å². The van der Waals surface area contributed by atoms with Gasteiger partial charge in [0.05, 0.1) is 12.8 Å². The highest BCUT2D eigenvalue weighted by molar-refractivity contribution is 7.90. The molecule has 0 amide bonds. The van der Waals surface area contributed by atoms with Gasteiger partial charge in [0, 0.05) is 12.6 Å². The standard InChI is InChI=1S/C10H12N2O3S/c1-3-12-7-11-16(13,14)10-6-8(15-2)4-5-9(10)12/h4-7H,3H2,1-2H3. The molecule has 16 heavy (non-hydrogen) atoms. The lowest BCUT2D eigenvalue weighted by Crippen LogP contribution is -2.26. The van der Waals surface area contributed by atoms with E-state index in [0.717, 1.165) is 0 Å². The van der Waals surface area contributed by atoms with Gasteiger partial charge in [-0.2, -0.15) is 8.42 Å². The number of hydrogen-bond donors (Lipinski definition) is 0. The van der Waals surface area contributed by atoms with E-state index in [2.05, 4.69) is 4.40 Å². The molecule has 0 aromatic heterocycles. The molecule has 1 aromatic carbocycles. The van der Waals surface area contributed by atoms with Crippen molar-refractivity contribution in [2.24, 2.45) is 4.40 Å². The highest BCUT2D eigenvalue weighted by atomic mass is 32.2. The van der Waals surface area contributed by atoms with Crippen molar-refractivity contribution in [3.8, 4) is 5.75 Å². The van der Waals surface area contributed by atoms with Crippen LogP contribution in [0.2, 0.25) is 0 Å². The molecule has 1 aliphatic rings. The van der Waals surface area contributed by atoms with E-state index in [1.807, 2.05) is 6.92 Å². The van der Waals surface area contributed by atoms with Crippen LogP contribution >= 0.6 is 0 Å². The van der Waals surface area contributed by atoms with Gasteiger partial charge < -0.3 is 9.64 Å². The molecule has 0 aliphatic carbocycles. The van der Waals surface area contributed by atoms with Crippen molar-refractivity contribution >= 4 is 22.0 Å². The molecule has 0 N–H and O–H groups in total. The molecule has 1 aliphatic heterocycles. The Balaban J connectivity index is 2.65. The molecule has 0 saturated carbocycles. The van der Waals surface area contributed by atoms with Gasteiger partial charge in [-0.15, -0.1) is 4.40 Å². The summed E-state index contributed by atoms with van der Waals surface area (Å²) in [6.07, 6.45) is 1.34. The van der Waals surface area contributed by atoms with Crippen LogP contribution < -0.4 is 9.64 Å². The first-order valence-electron chi connectivity index (χ1n) is 4.83. The maximum atomic E-state index is 11.7. The van der Waals surface area contributed by atoms with E-state index >= 15 is 0 Å². The minimum absolute atomic E-state index is 0.191. The van der Waals surface area contributed by atoms with Crippen LogP contribution in [0.25, 0.3) is 0 Å². The normalized spacial score (nSPS) is 17.0. The molecule has 86 valence electrons. The van der Waals surface area contributed by atoms with E-state index in [4.69, 9.17) is 4.74 Å². The summed E-state index contributed by atoms with van der Waals surface area (Å²) >= 11 is 0. The van der Waals surface area contributed by atoms with E-state index in [-0.39, 0.29) is 4.90 Å². The molecular formula is C10H12N2O3S. The van der Waals surface area contributed by atoms with Crippen molar-refractivity contribution in [3.05, 3.63) is 18.2 Å². The molecule has 1 aromatic rings. The maximum Gasteiger partial charge on any atom is 0.285 e. The van der Waals surface area contributed by atoms with E-state index in [1.54, 1.807) is 17.0 Å². The number of methoxy groups -OCH3 is 1. The Kier molecular flexibility index (Phi) is 2.59. The molecule has 0 unspecified atom stereocenters. The van der Waals surface area contributed by atoms with Crippen molar-refractivity contribution in [2.45, 2.75) is 11.8 Å². The third-order valence-electron chi connectivity index (χ3n) is 2.42. The molecule has 6 heteroatoms. The Morgan fingerprint density at radius 1 is 1.44 bits per heavy atom. The molecule has 0 radical (unpaired) electrons. The van der Waals surface area contributed by atoms with Crippen LogP contribution in [0.4, 0.5) is 5.69 Å². The fraction of sp³-hybridized carbons (Fsp3) is 0.300. The minimum Gasteiger partial charge on any atom is -0.497 e. The number of fused-ring (bicyclic) bond motifs is 1. The average molecular weight is 240 g/mol. The van der Waals surface area contributed by atoms with E-state index in [9.17, 15) is 8.42 Å². The zero-order valence-electron chi connectivity index (χ0n) is 9.04. The van der Waals surface area contributed by atoms with Gasteiger partial charge in [-0.25, -0.2) is 0 Å². The molecule has 0 fully saturated rings. The summed E-state index contributed by atoms with van der Waals surface area (Å²) < 4.78 is 32.0. The molecule has 0 bridgehead atoms. The predicted molar refractivity (Wildman–Crippen MR) is 61.7 cm³/mol. The second-order valence-electron chi connectivity index (χ2n) is 3.32. The van der Waals surface area contributed by atoms with Crippen LogP contribution in [0.15, 0.2) is 27.5 Å². The first-order valence-corrected chi connectivity index (χ1v) is 6.27. The maximum absolute atomic E-state index is 11.7. The van der Waals surface area contributed by atoms with Crippen LogP contribution in [-0.4, -0.2) is 28.4 Å². The SMILES string of the molecule is CCN1C=NS(=O)(=O)c2cc(OC)ccc21. The Bertz CT molecular complexity index is 537. The fourth-order valence-corrected chi connectivity index (χ4v) is 2.62. The lowest BCUT2D eigenvalue weighted by atomic mass is 10.3. The third kappa shape index (κ3) is 1.65. The summed E-state index contributed by atoms with van der Waals surface area (Å²) in [6, 6.07) is 4.94. The van der Waals surface area contributed by atoms with Gasteiger partial charge in [0.1, 0.15) is 17.0 Å². The summed E-state index contributed by atoms with van der Waals surface area (Å²) in [5, 5.41) is 0. The van der Waals surface area contributed by atoms with Crippen molar-refractivity contribution in [3.63, 3.8) is 0 Å². The van der Waals surface area contributed by atoms with Crippen molar-refractivity contribution in [1.29, 1.82) is 0 Å². The lowest BCUT2D eigenvalue weighted by Gasteiger charge is -2.23. The Hall–Kier alpha value is -1.56. The van der Waals surface area contributed by atoms with Crippen molar-refractivity contribution in [1.82, 2.24) is 0 Å². The summed E-state index contributed by atoms with van der Waals surface area (Å²) in [5.74, 6) is 0.510. The van der Waals surface area contributed by atoms with Crippen molar-refractivity contribution < 1.29 is 13.2 Å². The van der Waals surface area contributed by atoms with Crippen LogP contribution in [0.5, 0.6) is 5.75 Å². The molecule has 0 atom stereocenters. The van der Waals surface area contributed by atoms with Crippen molar-refractivity contribution in [2.75, 3.05) is 18.6 Å². The molecule has 0 saturated heterocycles. The number of benzene rings is 1. The number of nitrogens with zero attached hydrogens (tertiary/aromatic N) is 2. The summed E-state index contributed by atoms with van der Waals surface area (Å²) in [7, 11) is -2.07. The molecule has 1 heterocycles. The number of hydrogen-bond acceptors (Lipinski definition) is 4. The second-order valence-corrected chi connectivity index (χ2v) is 4.92. The van der Waals surface area contributed by atoms with Gasteiger partial charge in [0.15, 0.2) is 0 Å². The van der Waals surface area contributed by atoms with Gasteiger partial charge in [0.25, 0.3) is 10.0 Å². The first kappa shape index (κ1) is 10.9. The lowest BCUT2D eigenvalue weighted by molar-refractivity contribution is 0.413. The molecular weight excluding hydrogens is 228 g/mol. The summed E-state index contributed by atoms with van der Waals surface area (Å²) in [5.41, 5.74) is 0.637. The van der Waals surface area contributed by atoms with Crippen LogP contribution in [0.3, 0.4) is 0 Å². The summed E-state index contributed by atoms with van der Waals surface area (Å²) in [4.78, 5) is 1.96. The smallest absolute Gasteiger partial charge is 0.285 e. The quantitative estimate of drug-likeness (QED) is 0.780. The van der Waals surface area contributed by atoms with Crippen LogP contribution in [0, 0.1) is 0 Å². The number of anilines is 1. The van der Waals surface area contributed by atoms with Gasteiger partial charge in [-0.05, 0) is 19.1 Å². The highest BCUT2D eigenvalue weighted by Crippen LogP contribution is 2.32. The zero-order valence-corrected chi connectivity index (χ0v) is 9.86. The minimum atomic E-state index is -3.57. The van der Waals surface area contributed by atoms with E-state index in [0.29, 0.717) is 18.0 Å². The van der Waals surface area contributed by atoms with Crippen LogP contribution in [0.1, 0.15) is 6.92 Å². The Morgan fingerprint density at radius 3 is 2.81 bits per heavy atom. The average Bonchev–Trinajstić information content (AvgIpc) is 2.29. The zero-order chi connectivity index (χ0) is 11.8. The Morgan fingerprint density at radius 2 is 2.19 bits per heavy atom. The van der Waals surface area contributed by atoms with Gasteiger partial charge in [-0.3, -0.25) is 0 Å². The monoisotopic (exact) mass is 240 g/mol. The molecule has 0 spiro atoms. The van der Waals surface area contributed by atoms with Gasteiger partial charge in [0.2, 0.25) is 0 Å². The van der Waals surface area contributed by atoms with E-state index < -0.39 is 10.0 Å². The second kappa shape index (κ2) is 3.79.